The minimum Gasteiger partial charge on any atom is -0.463 e. The van der Waals surface area contributed by atoms with Gasteiger partial charge in [0.2, 0.25) is 0 Å². The van der Waals surface area contributed by atoms with Crippen LogP contribution in [0.2, 0.25) is 0 Å². The van der Waals surface area contributed by atoms with Crippen LogP contribution >= 0.6 is 0 Å². The van der Waals surface area contributed by atoms with Gasteiger partial charge in [0.25, 0.3) is 0 Å². The van der Waals surface area contributed by atoms with Gasteiger partial charge in [-0.3, -0.25) is 9.59 Å². The number of rotatable bonds is 6. The molecular weight excluding hydrogens is 396 g/mol. The molecule has 3 nitrogen and oxygen atoms in total. The molecule has 0 aromatic rings. The highest BCUT2D eigenvalue weighted by Gasteiger charge is 2.59. The number of hydrogen-bond donors (Lipinski definition) is 0. The quantitative estimate of drug-likeness (QED) is 0.411. The molecule has 4 aliphatic carbocycles. The van der Waals surface area contributed by atoms with E-state index in [1.807, 2.05) is 0 Å². The smallest absolute Gasteiger partial charge is 0.302 e. The zero-order valence-corrected chi connectivity index (χ0v) is 21.4. The van der Waals surface area contributed by atoms with Crippen molar-refractivity contribution in [3.63, 3.8) is 0 Å². The summed E-state index contributed by atoms with van der Waals surface area (Å²) in [6.07, 6.45) is 13.8. The Bertz CT molecular complexity index is 766. The lowest BCUT2D eigenvalue weighted by atomic mass is 9.47. The zero-order chi connectivity index (χ0) is 23.3. The summed E-state index contributed by atoms with van der Waals surface area (Å²) in [6.45, 7) is 13.6. The topological polar surface area (TPSA) is 43.4 Å². The van der Waals surface area contributed by atoms with Crippen LogP contribution in [0.1, 0.15) is 106 Å². The van der Waals surface area contributed by atoms with Crippen LogP contribution in [0, 0.1) is 46.3 Å². The minimum absolute atomic E-state index is 0.0193. The van der Waals surface area contributed by atoms with Crippen LogP contribution < -0.4 is 0 Å². The van der Waals surface area contributed by atoms with Gasteiger partial charge < -0.3 is 4.74 Å². The van der Waals surface area contributed by atoms with E-state index in [1.54, 1.807) is 0 Å². The Hall–Kier alpha value is -1.12. The van der Waals surface area contributed by atoms with E-state index >= 15 is 0 Å². The van der Waals surface area contributed by atoms with Crippen LogP contribution in [-0.4, -0.2) is 17.9 Å². The summed E-state index contributed by atoms with van der Waals surface area (Å²) in [5, 5.41) is 0. The average Bonchev–Trinajstić information content (AvgIpc) is 3.06. The fraction of sp³-hybridized carbons (Fsp3) is 0.862. The number of allylic oxidation sites excluding steroid dienone is 2. The molecule has 0 N–H and O–H groups in total. The first-order chi connectivity index (χ1) is 15.1. The summed E-state index contributed by atoms with van der Waals surface area (Å²) in [4.78, 5) is 24.9. The third-order valence-electron chi connectivity index (χ3n) is 10.4. The van der Waals surface area contributed by atoms with Crippen LogP contribution in [0.15, 0.2) is 11.6 Å². The van der Waals surface area contributed by atoms with Crippen molar-refractivity contribution in [2.24, 2.45) is 46.3 Å². The predicted molar refractivity (Wildman–Crippen MR) is 129 cm³/mol. The van der Waals surface area contributed by atoms with Crippen molar-refractivity contribution >= 4 is 11.8 Å². The standard InChI is InChI=1S/C29H46O3/c1-18(2)8-7-9-19(3)23-10-11-24-22-17-27(31)26-16-21(32-20(4)30)12-14-29(26,6)25(22)13-15-28(23,24)5/h17-19,21,23-26H,7-16H2,1-6H3. The molecule has 3 fully saturated rings. The molecule has 0 spiro atoms. The van der Waals surface area contributed by atoms with Gasteiger partial charge in [-0.2, -0.15) is 0 Å². The van der Waals surface area contributed by atoms with Crippen LogP contribution in [0.5, 0.6) is 0 Å². The molecule has 0 aromatic heterocycles. The lowest BCUT2D eigenvalue weighted by Gasteiger charge is -2.57. The Morgan fingerprint density at radius 3 is 2.38 bits per heavy atom. The summed E-state index contributed by atoms with van der Waals surface area (Å²) in [5.41, 5.74) is 1.91. The van der Waals surface area contributed by atoms with Gasteiger partial charge in [-0.05, 0) is 91.4 Å². The maximum atomic E-state index is 13.4. The molecule has 3 saturated carbocycles. The first-order valence-corrected chi connectivity index (χ1v) is 13.5. The van der Waals surface area contributed by atoms with Crippen molar-refractivity contribution in [2.45, 2.75) is 112 Å². The first-order valence-electron chi connectivity index (χ1n) is 13.5. The molecule has 3 heteroatoms. The van der Waals surface area contributed by atoms with Gasteiger partial charge in [0.05, 0.1) is 0 Å². The van der Waals surface area contributed by atoms with E-state index in [2.05, 4.69) is 40.7 Å². The van der Waals surface area contributed by atoms with Crippen LogP contribution in [0.3, 0.4) is 0 Å². The van der Waals surface area contributed by atoms with Gasteiger partial charge >= 0.3 is 5.97 Å². The van der Waals surface area contributed by atoms with E-state index in [0.29, 0.717) is 29.5 Å². The van der Waals surface area contributed by atoms with Crippen molar-refractivity contribution in [1.82, 2.24) is 0 Å². The molecule has 0 bridgehead atoms. The number of fused-ring (bicyclic) bond motifs is 5. The van der Waals surface area contributed by atoms with Crippen molar-refractivity contribution in [3.05, 3.63) is 11.6 Å². The molecule has 180 valence electrons. The SMILES string of the molecule is CC(=O)OC1CCC2(C)C(C1)C(=O)C=C1C2CCC2(C)C1CCC2C(C)CCCC(C)C. The van der Waals surface area contributed by atoms with E-state index < -0.39 is 0 Å². The van der Waals surface area contributed by atoms with Crippen molar-refractivity contribution in [3.8, 4) is 0 Å². The van der Waals surface area contributed by atoms with Crippen molar-refractivity contribution in [1.29, 1.82) is 0 Å². The number of esters is 1. The summed E-state index contributed by atoms with van der Waals surface area (Å²) in [6, 6.07) is 0. The molecule has 0 saturated heterocycles. The third kappa shape index (κ3) is 4.11. The summed E-state index contributed by atoms with van der Waals surface area (Å²) in [7, 11) is 0. The number of carbonyl (C=O) groups is 2. The number of hydrogen-bond acceptors (Lipinski definition) is 3. The zero-order valence-electron chi connectivity index (χ0n) is 21.4. The number of carbonyl (C=O) groups excluding carboxylic acids is 2. The number of ether oxygens (including phenoxy) is 1. The van der Waals surface area contributed by atoms with E-state index in [9.17, 15) is 9.59 Å². The summed E-state index contributed by atoms with van der Waals surface area (Å²) < 4.78 is 5.53. The van der Waals surface area contributed by atoms with E-state index in [1.165, 1.54) is 57.4 Å². The molecule has 32 heavy (non-hydrogen) atoms. The fourth-order valence-corrected chi connectivity index (χ4v) is 8.69. The first kappa shape index (κ1) is 24.0. The highest BCUT2D eigenvalue weighted by molar-refractivity contribution is 5.94. The summed E-state index contributed by atoms with van der Waals surface area (Å²) in [5.74, 6) is 3.62. The van der Waals surface area contributed by atoms with Gasteiger partial charge in [0.1, 0.15) is 6.10 Å². The van der Waals surface area contributed by atoms with Crippen molar-refractivity contribution in [2.75, 3.05) is 0 Å². The Balaban J connectivity index is 1.52. The highest BCUT2D eigenvalue weighted by atomic mass is 16.5. The largest absolute Gasteiger partial charge is 0.463 e. The molecule has 0 amide bonds. The molecule has 4 rings (SSSR count). The molecular formula is C29H46O3. The second-order valence-corrected chi connectivity index (χ2v) is 12.7. The monoisotopic (exact) mass is 442 g/mol. The van der Waals surface area contributed by atoms with Crippen LogP contribution in [0.4, 0.5) is 0 Å². The highest BCUT2D eigenvalue weighted by Crippen LogP contribution is 2.66. The van der Waals surface area contributed by atoms with Gasteiger partial charge in [0, 0.05) is 12.8 Å². The Kier molecular flexibility index (Phi) is 6.69. The minimum atomic E-state index is -0.217. The Morgan fingerprint density at radius 2 is 1.69 bits per heavy atom. The molecule has 8 atom stereocenters. The number of ketones is 1. The molecule has 0 aliphatic heterocycles. The average molecular weight is 443 g/mol. The molecule has 8 unspecified atom stereocenters. The third-order valence-corrected chi connectivity index (χ3v) is 10.4. The van der Waals surface area contributed by atoms with E-state index in [0.717, 1.165) is 30.6 Å². The lowest BCUT2D eigenvalue weighted by molar-refractivity contribution is -0.155. The summed E-state index contributed by atoms with van der Waals surface area (Å²) >= 11 is 0. The lowest BCUT2D eigenvalue weighted by Crippen LogP contribution is -2.53. The Morgan fingerprint density at radius 1 is 1.00 bits per heavy atom. The van der Waals surface area contributed by atoms with E-state index in [-0.39, 0.29) is 23.4 Å². The second kappa shape index (κ2) is 8.91. The molecule has 0 heterocycles. The van der Waals surface area contributed by atoms with E-state index in [4.69, 9.17) is 4.74 Å². The normalized spacial score (nSPS) is 42.0. The maximum absolute atomic E-state index is 13.4. The Labute approximate surface area is 196 Å². The van der Waals surface area contributed by atoms with Gasteiger partial charge in [-0.1, -0.05) is 59.5 Å². The molecule has 0 aromatic carbocycles. The van der Waals surface area contributed by atoms with Crippen LogP contribution in [0.25, 0.3) is 0 Å². The van der Waals surface area contributed by atoms with Gasteiger partial charge in [-0.15, -0.1) is 0 Å². The van der Waals surface area contributed by atoms with Gasteiger partial charge in [0.15, 0.2) is 5.78 Å². The van der Waals surface area contributed by atoms with Crippen LogP contribution in [-0.2, 0) is 14.3 Å². The second-order valence-electron chi connectivity index (χ2n) is 12.7. The predicted octanol–water partition coefficient (Wildman–Crippen LogP) is 7.14. The molecule has 4 aliphatic rings. The van der Waals surface area contributed by atoms with Crippen molar-refractivity contribution < 1.29 is 14.3 Å². The molecule has 0 radical (unpaired) electrons. The fourth-order valence-electron chi connectivity index (χ4n) is 8.69. The van der Waals surface area contributed by atoms with Gasteiger partial charge in [-0.25, -0.2) is 0 Å². The maximum Gasteiger partial charge on any atom is 0.302 e.